The molecule has 0 amide bonds. The summed E-state index contributed by atoms with van der Waals surface area (Å²) < 4.78 is 10.3. The van der Waals surface area contributed by atoms with E-state index in [1.165, 1.54) is 148 Å². The lowest BCUT2D eigenvalue weighted by Crippen LogP contribution is -2.25. The number of aliphatic hydroxyl groups excluding tert-OH is 1. The van der Waals surface area contributed by atoms with Gasteiger partial charge in [-0.1, -0.05) is 195 Å². The Morgan fingerprint density at radius 3 is 1.04 bits per heavy atom. The Morgan fingerprint density at radius 2 is 0.739 bits per heavy atom. The molecule has 1 N–H and O–H groups in total. The number of esters is 2. The van der Waals surface area contributed by atoms with Crippen LogP contribution in [0, 0.1) is 11.8 Å². The van der Waals surface area contributed by atoms with Crippen LogP contribution in [-0.4, -0.2) is 36.4 Å². The number of unbranched alkanes of at least 4 members (excludes halogenated alkanes) is 23. The quantitative estimate of drug-likeness (QED) is 0.0538. The fourth-order valence-corrected chi connectivity index (χ4v) is 6.07. The predicted molar refractivity (Wildman–Crippen MR) is 196 cm³/mol. The van der Waals surface area contributed by atoms with Crippen molar-refractivity contribution in [3.63, 3.8) is 0 Å². The van der Waals surface area contributed by atoms with Gasteiger partial charge in [0.15, 0.2) is 0 Å². The van der Waals surface area contributed by atoms with E-state index >= 15 is 0 Å². The molecule has 274 valence electrons. The first-order valence-electron chi connectivity index (χ1n) is 20.3. The standard InChI is InChI=1S/C41H80O5/c1-5-38(4)32-28-24-20-16-14-12-10-8-6-7-9-11-13-15-17-21-25-29-33-40(43)45-35-39(42)36-46-41(44)34-30-26-22-18-19-23-27-31-37(2)3/h37-39,42H,5-36H2,1-4H3/t38?,39-/m0/s1. The highest BCUT2D eigenvalue weighted by Crippen LogP contribution is 2.17. The number of carbonyl (C=O) groups excluding carboxylic acids is 2. The van der Waals surface area contributed by atoms with Crippen LogP contribution in [0.4, 0.5) is 0 Å². The van der Waals surface area contributed by atoms with Crippen LogP contribution >= 0.6 is 0 Å². The zero-order chi connectivity index (χ0) is 33.9. The topological polar surface area (TPSA) is 72.8 Å². The Kier molecular flexibility index (Phi) is 34.4. The zero-order valence-corrected chi connectivity index (χ0v) is 31.4. The molecule has 0 bridgehead atoms. The third-order valence-electron chi connectivity index (χ3n) is 9.56. The number of rotatable bonds is 36. The summed E-state index contributed by atoms with van der Waals surface area (Å²) in [7, 11) is 0. The Labute approximate surface area is 287 Å². The smallest absolute Gasteiger partial charge is 0.305 e. The molecule has 0 heterocycles. The van der Waals surface area contributed by atoms with Gasteiger partial charge in [-0.3, -0.25) is 9.59 Å². The number of hydrogen-bond donors (Lipinski definition) is 1. The van der Waals surface area contributed by atoms with Crippen LogP contribution in [-0.2, 0) is 19.1 Å². The molecule has 0 fully saturated rings. The summed E-state index contributed by atoms with van der Waals surface area (Å²) in [4.78, 5) is 23.9. The molecule has 5 nitrogen and oxygen atoms in total. The maximum absolute atomic E-state index is 12.0. The van der Waals surface area contributed by atoms with Crippen molar-refractivity contribution in [3.05, 3.63) is 0 Å². The number of hydrogen-bond acceptors (Lipinski definition) is 5. The molecule has 0 radical (unpaired) electrons. The highest BCUT2D eigenvalue weighted by atomic mass is 16.6. The molecule has 0 aromatic carbocycles. The Hall–Kier alpha value is -1.10. The highest BCUT2D eigenvalue weighted by Gasteiger charge is 2.12. The molecular formula is C41H80O5. The average molecular weight is 653 g/mol. The molecular weight excluding hydrogens is 572 g/mol. The normalized spacial score (nSPS) is 12.8. The number of aliphatic hydroxyl groups is 1. The van der Waals surface area contributed by atoms with Gasteiger partial charge in [-0.05, 0) is 24.7 Å². The van der Waals surface area contributed by atoms with Crippen LogP contribution in [0.15, 0.2) is 0 Å². The van der Waals surface area contributed by atoms with Crippen molar-refractivity contribution in [1.82, 2.24) is 0 Å². The summed E-state index contributed by atoms with van der Waals surface area (Å²) in [5.74, 6) is 1.15. The molecule has 0 aromatic heterocycles. The van der Waals surface area contributed by atoms with Crippen LogP contribution < -0.4 is 0 Å². The second kappa shape index (κ2) is 35.2. The van der Waals surface area contributed by atoms with Crippen LogP contribution in [0.25, 0.3) is 0 Å². The lowest BCUT2D eigenvalue weighted by Gasteiger charge is -2.12. The van der Waals surface area contributed by atoms with E-state index in [1.807, 2.05) is 0 Å². The molecule has 0 aliphatic rings. The Balaban J connectivity index is 3.35. The van der Waals surface area contributed by atoms with Crippen molar-refractivity contribution in [2.45, 2.75) is 226 Å². The third kappa shape index (κ3) is 35.7. The molecule has 0 rings (SSSR count). The van der Waals surface area contributed by atoms with Crippen molar-refractivity contribution >= 4 is 11.9 Å². The molecule has 46 heavy (non-hydrogen) atoms. The van der Waals surface area contributed by atoms with E-state index in [0.29, 0.717) is 12.8 Å². The van der Waals surface area contributed by atoms with E-state index in [9.17, 15) is 14.7 Å². The predicted octanol–water partition coefficient (Wildman–Crippen LogP) is 12.4. The fourth-order valence-electron chi connectivity index (χ4n) is 6.07. The molecule has 0 saturated carbocycles. The average Bonchev–Trinajstić information content (AvgIpc) is 3.04. The van der Waals surface area contributed by atoms with Gasteiger partial charge < -0.3 is 14.6 Å². The summed E-state index contributed by atoms with van der Waals surface area (Å²) in [6.45, 7) is 9.01. The van der Waals surface area contributed by atoms with Gasteiger partial charge in [0, 0.05) is 12.8 Å². The van der Waals surface area contributed by atoms with Crippen molar-refractivity contribution in [2.24, 2.45) is 11.8 Å². The molecule has 2 atom stereocenters. The van der Waals surface area contributed by atoms with E-state index in [4.69, 9.17) is 9.47 Å². The summed E-state index contributed by atoms with van der Waals surface area (Å²) in [6, 6.07) is 0. The molecule has 0 spiro atoms. The summed E-state index contributed by atoms with van der Waals surface area (Å²) in [5, 5.41) is 9.99. The lowest BCUT2D eigenvalue weighted by molar-refractivity contribution is -0.152. The summed E-state index contributed by atoms with van der Waals surface area (Å²) in [6.07, 6.45) is 36.0. The molecule has 0 aliphatic heterocycles. The minimum atomic E-state index is -0.956. The number of carbonyl (C=O) groups is 2. The minimum absolute atomic E-state index is 0.109. The van der Waals surface area contributed by atoms with Gasteiger partial charge in [0.2, 0.25) is 0 Å². The maximum atomic E-state index is 12.0. The van der Waals surface area contributed by atoms with Gasteiger partial charge in [-0.2, -0.15) is 0 Å². The van der Waals surface area contributed by atoms with E-state index in [0.717, 1.165) is 43.9 Å². The van der Waals surface area contributed by atoms with Gasteiger partial charge in [0.25, 0.3) is 0 Å². The van der Waals surface area contributed by atoms with E-state index < -0.39 is 6.10 Å². The SMILES string of the molecule is CCC(C)CCCCCCCCCCCCCCCCCCCCC(=O)OC[C@H](O)COC(=O)CCCCCCCCCC(C)C. The molecule has 5 heteroatoms. The van der Waals surface area contributed by atoms with Gasteiger partial charge in [0.05, 0.1) is 0 Å². The monoisotopic (exact) mass is 653 g/mol. The summed E-state index contributed by atoms with van der Waals surface area (Å²) in [5.41, 5.74) is 0. The Morgan fingerprint density at radius 1 is 0.457 bits per heavy atom. The van der Waals surface area contributed by atoms with Crippen molar-refractivity contribution in [2.75, 3.05) is 13.2 Å². The van der Waals surface area contributed by atoms with E-state index in [1.54, 1.807) is 0 Å². The second-order valence-corrected chi connectivity index (χ2v) is 14.8. The van der Waals surface area contributed by atoms with Gasteiger partial charge in [0.1, 0.15) is 19.3 Å². The summed E-state index contributed by atoms with van der Waals surface area (Å²) >= 11 is 0. The van der Waals surface area contributed by atoms with Gasteiger partial charge in [-0.25, -0.2) is 0 Å². The molecule has 0 aliphatic carbocycles. The zero-order valence-electron chi connectivity index (χ0n) is 31.4. The highest BCUT2D eigenvalue weighted by molar-refractivity contribution is 5.69. The third-order valence-corrected chi connectivity index (χ3v) is 9.56. The van der Waals surface area contributed by atoms with Crippen LogP contribution in [0.2, 0.25) is 0 Å². The van der Waals surface area contributed by atoms with Crippen molar-refractivity contribution < 1.29 is 24.2 Å². The van der Waals surface area contributed by atoms with E-state index in [2.05, 4.69) is 27.7 Å². The van der Waals surface area contributed by atoms with Crippen molar-refractivity contribution in [3.8, 4) is 0 Å². The minimum Gasteiger partial charge on any atom is -0.463 e. The lowest BCUT2D eigenvalue weighted by atomic mass is 9.99. The molecule has 0 aromatic rings. The van der Waals surface area contributed by atoms with Gasteiger partial charge >= 0.3 is 11.9 Å². The van der Waals surface area contributed by atoms with Crippen molar-refractivity contribution in [1.29, 1.82) is 0 Å². The van der Waals surface area contributed by atoms with Gasteiger partial charge in [-0.15, -0.1) is 0 Å². The molecule has 0 saturated heterocycles. The van der Waals surface area contributed by atoms with Crippen LogP contribution in [0.1, 0.15) is 220 Å². The second-order valence-electron chi connectivity index (χ2n) is 14.8. The largest absolute Gasteiger partial charge is 0.463 e. The number of ether oxygens (including phenoxy) is 2. The first-order chi connectivity index (χ1) is 22.3. The maximum Gasteiger partial charge on any atom is 0.305 e. The van der Waals surface area contributed by atoms with E-state index in [-0.39, 0.29) is 25.2 Å². The van der Waals surface area contributed by atoms with Crippen LogP contribution in [0.5, 0.6) is 0 Å². The fraction of sp³-hybridized carbons (Fsp3) is 0.951. The Bertz CT molecular complexity index is 649. The first-order valence-corrected chi connectivity index (χ1v) is 20.3. The first kappa shape index (κ1) is 44.9. The molecule has 1 unspecified atom stereocenters. The van der Waals surface area contributed by atoms with Crippen LogP contribution in [0.3, 0.4) is 0 Å².